The molecule has 29 heavy (non-hydrogen) atoms. The van der Waals surface area contributed by atoms with E-state index in [1.807, 2.05) is 6.07 Å². The van der Waals surface area contributed by atoms with Gasteiger partial charge in [0.25, 0.3) is 0 Å². The first-order valence-electron chi connectivity index (χ1n) is 10.2. The first-order valence-corrected chi connectivity index (χ1v) is 10.2. The summed E-state index contributed by atoms with van der Waals surface area (Å²) < 4.78 is 5.69. The molecule has 1 aromatic heterocycles. The van der Waals surface area contributed by atoms with Crippen LogP contribution in [0.1, 0.15) is 18.4 Å². The summed E-state index contributed by atoms with van der Waals surface area (Å²) >= 11 is 0. The van der Waals surface area contributed by atoms with Crippen LogP contribution in [0.25, 0.3) is 11.0 Å². The number of hydrogen-bond acceptors (Lipinski definition) is 7. The monoisotopic (exact) mass is 392 g/mol. The molecule has 0 radical (unpaired) electrons. The molecular weight excluding hydrogens is 368 g/mol. The maximum atomic E-state index is 13.0. The van der Waals surface area contributed by atoms with E-state index in [0.717, 1.165) is 43.7 Å². The molecule has 3 fully saturated rings. The van der Waals surface area contributed by atoms with E-state index in [-0.39, 0.29) is 23.3 Å². The Morgan fingerprint density at radius 2 is 2.17 bits per heavy atom. The predicted octanol–water partition coefficient (Wildman–Crippen LogP) is 0.822. The Bertz CT molecular complexity index is 977. The highest BCUT2D eigenvalue weighted by Gasteiger charge is 2.57. The van der Waals surface area contributed by atoms with Gasteiger partial charge in [-0.25, -0.2) is 0 Å². The van der Waals surface area contributed by atoms with Crippen molar-refractivity contribution in [2.45, 2.75) is 18.9 Å². The Kier molecular flexibility index (Phi) is 4.57. The summed E-state index contributed by atoms with van der Waals surface area (Å²) in [4.78, 5) is 24.1. The smallest absolute Gasteiger partial charge is 0.225 e. The van der Waals surface area contributed by atoms with Crippen molar-refractivity contribution in [3.05, 3.63) is 30.1 Å². The third kappa shape index (κ3) is 3.30. The SMILES string of the molecule is N#Cc1ccc(N2CC(C(=O)NC[C@@H]3CNCCO3)C3(CC3)C2)c2nccnc12. The van der Waals surface area contributed by atoms with Gasteiger partial charge in [-0.3, -0.25) is 14.8 Å². The van der Waals surface area contributed by atoms with Crippen LogP contribution in [0, 0.1) is 22.7 Å². The van der Waals surface area contributed by atoms with Crippen molar-refractivity contribution in [1.82, 2.24) is 20.6 Å². The van der Waals surface area contributed by atoms with E-state index in [9.17, 15) is 10.1 Å². The maximum Gasteiger partial charge on any atom is 0.225 e. The zero-order valence-electron chi connectivity index (χ0n) is 16.2. The van der Waals surface area contributed by atoms with Crippen LogP contribution in [0.2, 0.25) is 0 Å². The Balaban J connectivity index is 1.35. The van der Waals surface area contributed by atoms with Crippen LogP contribution in [-0.2, 0) is 9.53 Å². The normalized spacial score (nSPS) is 25.1. The first kappa shape index (κ1) is 18.3. The summed E-state index contributed by atoms with van der Waals surface area (Å²) in [6.07, 6.45) is 5.44. The van der Waals surface area contributed by atoms with Gasteiger partial charge in [0.15, 0.2) is 0 Å². The Morgan fingerprint density at radius 1 is 1.34 bits per heavy atom. The molecule has 1 unspecified atom stereocenters. The van der Waals surface area contributed by atoms with Crippen LogP contribution in [0.3, 0.4) is 0 Å². The fraction of sp³-hybridized carbons (Fsp3) is 0.524. The van der Waals surface area contributed by atoms with Crippen LogP contribution >= 0.6 is 0 Å². The number of nitrogens with zero attached hydrogens (tertiary/aromatic N) is 4. The number of rotatable bonds is 4. The van der Waals surface area contributed by atoms with E-state index in [1.54, 1.807) is 18.5 Å². The quantitative estimate of drug-likeness (QED) is 0.794. The van der Waals surface area contributed by atoms with E-state index < -0.39 is 0 Å². The minimum absolute atomic E-state index is 0.0399. The topological polar surface area (TPSA) is 103 Å². The van der Waals surface area contributed by atoms with E-state index >= 15 is 0 Å². The molecule has 2 saturated heterocycles. The summed E-state index contributed by atoms with van der Waals surface area (Å²) in [7, 11) is 0. The van der Waals surface area contributed by atoms with Crippen LogP contribution in [-0.4, -0.2) is 61.3 Å². The van der Waals surface area contributed by atoms with Crippen molar-refractivity contribution in [3.63, 3.8) is 0 Å². The van der Waals surface area contributed by atoms with Crippen LogP contribution in [0.15, 0.2) is 24.5 Å². The Hall–Kier alpha value is -2.76. The molecule has 3 heterocycles. The number of carbonyl (C=O) groups is 1. The van der Waals surface area contributed by atoms with Gasteiger partial charge in [-0.15, -0.1) is 0 Å². The van der Waals surface area contributed by atoms with E-state index in [2.05, 4.69) is 31.6 Å². The van der Waals surface area contributed by atoms with Crippen LogP contribution < -0.4 is 15.5 Å². The van der Waals surface area contributed by atoms with Gasteiger partial charge in [0.05, 0.1) is 29.9 Å². The average Bonchev–Trinajstić information content (AvgIpc) is 3.44. The minimum atomic E-state index is -0.0404. The van der Waals surface area contributed by atoms with E-state index in [4.69, 9.17) is 4.74 Å². The standard InChI is InChI=1S/C21H24N6O2/c22-9-14-1-2-17(19-18(14)24-5-6-25-19)27-12-16(21(13-27)3-4-21)20(28)26-11-15-10-23-7-8-29-15/h1-2,5-6,15-16,23H,3-4,7-8,10-13H2,(H,26,28)/t15-,16?/m0/s1. The molecule has 5 rings (SSSR count). The van der Waals surface area contributed by atoms with Crippen molar-refractivity contribution < 1.29 is 9.53 Å². The minimum Gasteiger partial charge on any atom is -0.374 e. The number of hydrogen-bond donors (Lipinski definition) is 2. The number of nitriles is 1. The van der Waals surface area contributed by atoms with Crippen molar-refractivity contribution in [1.29, 1.82) is 5.26 Å². The predicted molar refractivity (Wildman–Crippen MR) is 107 cm³/mol. The maximum absolute atomic E-state index is 13.0. The fourth-order valence-corrected chi connectivity index (χ4v) is 4.66. The average molecular weight is 392 g/mol. The summed E-state index contributed by atoms with van der Waals surface area (Å²) in [6, 6.07) is 5.93. The van der Waals surface area contributed by atoms with E-state index in [1.165, 1.54) is 0 Å². The third-order valence-electron chi connectivity index (χ3n) is 6.43. The van der Waals surface area contributed by atoms with Gasteiger partial charge in [0.1, 0.15) is 17.1 Å². The highest BCUT2D eigenvalue weighted by molar-refractivity contribution is 5.92. The van der Waals surface area contributed by atoms with E-state index in [0.29, 0.717) is 30.8 Å². The van der Waals surface area contributed by atoms with Crippen molar-refractivity contribution in [2.24, 2.45) is 11.3 Å². The lowest BCUT2D eigenvalue weighted by Crippen LogP contribution is -2.47. The molecule has 1 amide bonds. The number of amides is 1. The highest BCUT2D eigenvalue weighted by atomic mass is 16.5. The summed E-state index contributed by atoms with van der Waals surface area (Å²) in [5.41, 5.74) is 2.87. The molecule has 1 spiro atoms. The molecule has 2 aromatic rings. The molecule has 1 aliphatic carbocycles. The first-order chi connectivity index (χ1) is 14.2. The Morgan fingerprint density at radius 3 is 2.90 bits per heavy atom. The number of benzene rings is 1. The number of anilines is 1. The third-order valence-corrected chi connectivity index (χ3v) is 6.43. The van der Waals surface area contributed by atoms with Gasteiger partial charge in [-0.1, -0.05) is 0 Å². The molecule has 8 nitrogen and oxygen atoms in total. The molecule has 2 aliphatic heterocycles. The number of carbonyl (C=O) groups excluding carboxylic acids is 1. The van der Waals surface area contributed by atoms with Crippen molar-refractivity contribution >= 4 is 22.6 Å². The lowest BCUT2D eigenvalue weighted by molar-refractivity contribution is -0.126. The molecule has 3 aliphatic rings. The second-order valence-corrected chi connectivity index (χ2v) is 8.24. The number of fused-ring (bicyclic) bond motifs is 1. The molecule has 0 bridgehead atoms. The fourth-order valence-electron chi connectivity index (χ4n) is 4.66. The zero-order chi connectivity index (χ0) is 19.8. The van der Waals surface area contributed by atoms with Gasteiger partial charge in [-0.05, 0) is 25.0 Å². The largest absolute Gasteiger partial charge is 0.374 e. The molecule has 8 heteroatoms. The summed E-state index contributed by atoms with van der Waals surface area (Å²) in [6.45, 7) is 4.38. The molecule has 1 saturated carbocycles. The molecule has 150 valence electrons. The van der Waals surface area contributed by atoms with Crippen molar-refractivity contribution in [2.75, 3.05) is 44.2 Å². The van der Waals surface area contributed by atoms with Crippen LogP contribution in [0.5, 0.6) is 0 Å². The zero-order valence-corrected chi connectivity index (χ0v) is 16.2. The molecule has 1 aromatic carbocycles. The van der Waals surface area contributed by atoms with Gasteiger partial charge in [0.2, 0.25) is 5.91 Å². The number of ether oxygens (including phenoxy) is 1. The summed E-state index contributed by atoms with van der Waals surface area (Å²) in [5.74, 6) is 0.0737. The molecule has 2 N–H and O–H groups in total. The van der Waals surface area contributed by atoms with Crippen LogP contribution in [0.4, 0.5) is 5.69 Å². The molecular formula is C21H24N6O2. The van der Waals surface area contributed by atoms with Crippen molar-refractivity contribution in [3.8, 4) is 6.07 Å². The molecule has 2 atom stereocenters. The highest BCUT2D eigenvalue weighted by Crippen LogP contribution is 2.57. The van der Waals surface area contributed by atoms with Gasteiger partial charge >= 0.3 is 0 Å². The number of aromatic nitrogens is 2. The number of nitrogens with one attached hydrogen (secondary N) is 2. The van der Waals surface area contributed by atoms with Gasteiger partial charge in [-0.2, -0.15) is 5.26 Å². The second-order valence-electron chi connectivity index (χ2n) is 8.24. The lowest BCUT2D eigenvalue weighted by Gasteiger charge is -2.25. The lowest BCUT2D eigenvalue weighted by atomic mass is 9.92. The van der Waals surface area contributed by atoms with Gasteiger partial charge < -0.3 is 20.3 Å². The Labute approximate surface area is 169 Å². The number of morpholine rings is 1. The van der Waals surface area contributed by atoms with Gasteiger partial charge in [0, 0.05) is 50.5 Å². The second kappa shape index (κ2) is 7.25. The summed E-state index contributed by atoms with van der Waals surface area (Å²) in [5, 5.41) is 15.8.